The van der Waals surface area contributed by atoms with Crippen molar-refractivity contribution in [2.24, 2.45) is 5.73 Å². The van der Waals surface area contributed by atoms with E-state index in [1.54, 1.807) is 18.2 Å². The Kier molecular flexibility index (Phi) is 2.24. The van der Waals surface area contributed by atoms with Crippen molar-refractivity contribution < 1.29 is 8.81 Å². The molecule has 14 heavy (non-hydrogen) atoms. The minimum absolute atomic E-state index is 0.154. The molecular formula is C9H8FN3O. The van der Waals surface area contributed by atoms with E-state index in [0.717, 1.165) is 0 Å². The highest BCUT2D eigenvalue weighted by atomic mass is 19.1. The number of rotatable bonds is 2. The Morgan fingerprint density at radius 1 is 1.29 bits per heavy atom. The monoisotopic (exact) mass is 193 g/mol. The standard InChI is InChI=1S/C9H8FN3O/c10-7-4-2-1-3-6(7)9-13-12-8(5-11)14-9/h1-4H,5,11H2. The summed E-state index contributed by atoms with van der Waals surface area (Å²) < 4.78 is 18.3. The van der Waals surface area contributed by atoms with Crippen molar-refractivity contribution in [1.29, 1.82) is 0 Å². The SMILES string of the molecule is NCc1nnc(-c2ccccc2F)o1. The van der Waals surface area contributed by atoms with E-state index in [1.807, 2.05) is 0 Å². The van der Waals surface area contributed by atoms with E-state index >= 15 is 0 Å². The molecule has 0 aliphatic rings. The zero-order valence-corrected chi connectivity index (χ0v) is 7.27. The largest absolute Gasteiger partial charge is 0.419 e. The Morgan fingerprint density at radius 2 is 2.07 bits per heavy atom. The molecule has 4 nitrogen and oxygen atoms in total. The van der Waals surface area contributed by atoms with Crippen LogP contribution in [0.25, 0.3) is 11.5 Å². The lowest BCUT2D eigenvalue weighted by atomic mass is 10.2. The van der Waals surface area contributed by atoms with Gasteiger partial charge in [0.2, 0.25) is 5.89 Å². The molecule has 1 aromatic carbocycles. The van der Waals surface area contributed by atoms with Crippen molar-refractivity contribution in [3.8, 4) is 11.5 Å². The predicted octanol–water partition coefficient (Wildman–Crippen LogP) is 1.33. The van der Waals surface area contributed by atoms with Crippen LogP contribution in [0.15, 0.2) is 28.7 Å². The number of hydrogen-bond acceptors (Lipinski definition) is 4. The third-order valence-corrected chi connectivity index (χ3v) is 1.75. The minimum atomic E-state index is -0.389. The van der Waals surface area contributed by atoms with Gasteiger partial charge in [-0.3, -0.25) is 0 Å². The summed E-state index contributed by atoms with van der Waals surface area (Å²) in [6, 6.07) is 6.20. The van der Waals surface area contributed by atoms with Gasteiger partial charge in [0.15, 0.2) is 0 Å². The normalized spacial score (nSPS) is 10.4. The zero-order chi connectivity index (χ0) is 9.97. The fourth-order valence-corrected chi connectivity index (χ4v) is 1.08. The van der Waals surface area contributed by atoms with Gasteiger partial charge in [0.1, 0.15) is 5.82 Å². The Labute approximate surface area is 79.6 Å². The molecule has 0 bridgehead atoms. The Hall–Kier alpha value is -1.75. The van der Waals surface area contributed by atoms with Gasteiger partial charge >= 0.3 is 0 Å². The summed E-state index contributed by atoms with van der Waals surface area (Å²) in [6.45, 7) is 0.154. The van der Waals surface area contributed by atoms with E-state index in [1.165, 1.54) is 6.07 Å². The van der Waals surface area contributed by atoms with E-state index in [0.29, 0.717) is 11.5 Å². The molecule has 0 spiro atoms. The molecule has 0 atom stereocenters. The summed E-state index contributed by atoms with van der Waals surface area (Å²) in [4.78, 5) is 0. The molecule has 2 aromatic rings. The topological polar surface area (TPSA) is 64.9 Å². The molecule has 1 aromatic heterocycles. The number of aromatic nitrogens is 2. The van der Waals surface area contributed by atoms with Gasteiger partial charge in [-0.2, -0.15) is 0 Å². The fraction of sp³-hybridized carbons (Fsp3) is 0.111. The minimum Gasteiger partial charge on any atom is -0.419 e. The van der Waals surface area contributed by atoms with Crippen LogP contribution < -0.4 is 5.73 Å². The Bertz CT molecular complexity index is 441. The first kappa shape index (κ1) is 8.83. The maximum atomic E-state index is 13.2. The van der Waals surface area contributed by atoms with Crippen LogP contribution in [0.4, 0.5) is 4.39 Å². The van der Waals surface area contributed by atoms with Crippen LogP contribution in [0, 0.1) is 5.82 Å². The summed E-state index contributed by atoms with van der Waals surface area (Å²) in [5.41, 5.74) is 5.58. The van der Waals surface area contributed by atoms with Crippen molar-refractivity contribution in [2.75, 3.05) is 0 Å². The van der Waals surface area contributed by atoms with Crippen molar-refractivity contribution in [3.05, 3.63) is 36.0 Å². The second-order valence-corrected chi connectivity index (χ2v) is 2.68. The number of nitrogens with zero attached hydrogens (tertiary/aromatic N) is 2. The van der Waals surface area contributed by atoms with Gasteiger partial charge in [-0.15, -0.1) is 10.2 Å². The molecule has 1 heterocycles. The lowest BCUT2D eigenvalue weighted by molar-refractivity contribution is 0.504. The van der Waals surface area contributed by atoms with E-state index in [-0.39, 0.29) is 18.3 Å². The van der Waals surface area contributed by atoms with Gasteiger partial charge in [0, 0.05) is 0 Å². The van der Waals surface area contributed by atoms with Gasteiger partial charge in [-0.1, -0.05) is 12.1 Å². The fourth-order valence-electron chi connectivity index (χ4n) is 1.08. The highest BCUT2D eigenvalue weighted by Crippen LogP contribution is 2.20. The molecule has 0 amide bonds. The van der Waals surface area contributed by atoms with Gasteiger partial charge in [-0.25, -0.2) is 4.39 Å². The first-order chi connectivity index (χ1) is 6.81. The third kappa shape index (κ3) is 1.49. The first-order valence-electron chi connectivity index (χ1n) is 4.08. The Balaban J connectivity index is 2.44. The van der Waals surface area contributed by atoms with Crippen LogP contribution in [0.3, 0.4) is 0 Å². The smallest absolute Gasteiger partial charge is 0.250 e. The molecule has 72 valence electrons. The molecule has 0 aliphatic heterocycles. The van der Waals surface area contributed by atoms with Gasteiger partial charge < -0.3 is 10.2 Å². The summed E-state index contributed by atoms with van der Waals surface area (Å²) in [5, 5.41) is 7.33. The highest BCUT2D eigenvalue weighted by molar-refractivity contribution is 5.52. The zero-order valence-electron chi connectivity index (χ0n) is 7.27. The summed E-state index contributed by atoms with van der Waals surface area (Å²) in [7, 11) is 0. The molecular weight excluding hydrogens is 185 g/mol. The van der Waals surface area contributed by atoms with E-state index < -0.39 is 0 Å². The van der Waals surface area contributed by atoms with Gasteiger partial charge in [0.25, 0.3) is 5.89 Å². The lowest BCUT2D eigenvalue weighted by Gasteiger charge is -1.94. The van der Waals surface area contributed by atoms with Crippen LogP contribution in [-0.4, -0.2) is 10.2 Å². The van der Waals surface area contributed by atoms with Crippen molar-refractivity contribution in [2.45, 2.75) is 6.54 Å². The van der Waals surface area contributed by atoms with Gasteiger partial charge in [0.05, 0.1) is 12.1 Å². The Morgan fingerprint density at radius 3 is 2.71 bits per heavy atom. The highest BCUT2D eigenvalue weighted by Gasteiger charge is 2.10. The predicted molar refractivity (Wildman–Crippen MR) is 47.6 cm³/mol. The van der Waals surface area contributed by atoms with E-state index in [9.17, 15) is 4.39 Å². The lowest BCUT2D eigenvalue weighted by Crippen LogP contribution is -1.95. The van der Waals surface area contributed by atoms with Crippen LogP contribution in [0.2, 0.25) is 0 Å². The number of nitrogens with two attached hydrogens (primary N) is 1. The third-order valence-electron chi connectivity index (χ3n) is 1.75. The first-order valence-corrected chi connectivity index (χ1v) is 4.08. The molecule has 0 unspecified atom stereocenters. The molecule has 0 aliphatic carbocycles. The van der Waals surface area contributed by atoms with Crippen LogP contribution in [0.5, 0.6) is 0 Å². The second kappa shape index (κ2) is 3.55. The van der Waals surface area contributed by atoms with Crippen molar-refractivity contribution >= 4 is 0 Å². The van der Waals surface area contributed by atoms with Crippen LogP contribution in [-0.2, 0) is 6.54 Å². The average molecular weight is 193 g/mol. The van der Waals surface area contributed by atoms with E-state index in [2.05, 4.69) is 10.2 Å². The molecule has 0 saturated heterocycles. The molecule has 0 saturated carbocycles. The number of benzene rings is 1. The summed E-state index contributed by atoms with van der Waals surface area (Å²) >= 11 is 0. The summed E-state index contributed by atoms with van der Waals surface area (Å²) in [6.07, 6.45) is 0. The molecule has 0 fully saturated rings. The van der Waals surface area contributed by atoms with Gasteiger partial charge in [-0.05, 0) is 12.1 Å². The molecule has 5 heteroatoms. The van der Waals surface area contributed by atoms with Crippen molar-refractivity contribution in [1.82, 2.24) is 10.2 Å². The average Bonchev–Trinajstić information content (AvgIpc) is 2.67. The maximum absolute atomic E-state index is 13.2. The number of halogens is 1. The molecule has 2 N–H and O–H groups in total. The van der Waals surface area contributed by atoms with E-state index in [4.69, 9.17) is 10.2 Å². The van der Waals surface area contributed by atoms with Crippen molar-refractivity contribution in [3.63, 3.8) is 0 Å². The molecule has 0 radical (unpaired) electrons. The summed E-state index contributed by atoms with van der Waals surface area (Å²) in [5.74, 6) is 0.0616. The quantitative estimate of drug-likeness (QED) is 0.781. The van der Waals surface area contributed by atoms with Crippen LogP contribution >= 0.6 is 0 Å². The number of hydrogen-bond donors (Lipinski definition) is 1. The molecule has 2 rings (SSSR count). The second-order valence-electron chi connectivity index (χ2n) is 2.68. The maximum Gasteiger partial charge on any atom is 0.250 e. The van der Waals surface area contributed by atoms with Crippen LogP contribution in [0.1, 0.15) is 5.89 Å².